The van der Waals surface area contributed by atoms with Crippen LogP contribution in [0.15, 0.2) is 30.3 Å². The SMILES string of the molecule is O=C1N[C@@H](c2ccccc2)CC1C1CCNCC1. The molecule has 1 aromatic rings. The van der Waals surface area contributed by atoms with Gasteiger partial charge in [-0.15, -0.1) is 0 Å². The molecular weight excluding hydrogens is 224 g/mol. The van der Waals surface area contributed by atoms with Gasteiger partial charge in [-0.05, 0) is 43.8 Å². The smallest absolute Gasteiger partial charge is 0.223 e. The fraction of sp³-hybridized carbons (Fsp3) is 0.533. The van der Waals surface area contributed by atoms with Gasteiger partial charge in [-0.1, -0.05) is 30.3 Å². The Hall–Kier alpha value is -1.35. The number of hydrogen-bond acceptors (Lipinski definition) is 2. The third-order valence-electron chi connectivity index (χ3n) is 4.30. The van der Waals surface area contributed by atoms with E-state index < -0.39 is 0 Å². The molecule has 2 aliphatic rings. The van der Waals surface area contributed by atoms with Gasteiger partial charge >= 0.3 is 0 Å². The van der Waals surface area contributed by atoms with Crippen molar-refractivity contribution in [1.29, 1.82) is 0 Å². The minimum Gasteiger partial charge on any atom is -0.349 e. The zero-order valence-electron chi connectivity index (χ0n) is 10.6. The van der Waals surface area contributed by atoms with Crippen LogP contribution in [0.25, 0.3) is 0 Å². The van der Waals surface area contributed by atoms with Gasteiger partial charge in [0, 0.05) is 5.92 Å². The van der Waals surface area contributed by atoms with Gasteiger partial charge in [0.05, 0.1) is 6.04 Å². The Morgan fingerprint density at radius 2 is 1.78 bits per heavy atom. The second-order valence-electron chi connectivity index (χ2n) is 5.40. The molecule has 0 saturated carbocycles. The molecule has 1 amide bonds. The van der Waals surface area contributed by atoms with Crippen LogP contribution in [-0.4, -0.2) is 19.0 Å². The first kappa shape index (κ1) is 11.7. The molecule has 1 aromatic carbocycles. The van der Waals surface area contributed by atoms with E-state index in [1.165, 1.54) is 5.56 Å². The molecule has 2 aliphatic heterocycles. The number of nitrogens with one attached hydrogen (secondary N) is 2. The Balaban J connectivity index is 1.70. The van der Waals surface area contributed by atoms with Crippen molar-refractivity contribution in [1.82, 2.24) is 10.6 Å². The molecular formula is C15H20N2O. The molecule has 1 unspecified atom stereocenters. The standard InChI is InChI=1S/C15H20N2O/c18-15-13(11-6-8-16-9-7-11)10-14(17-15)12-4-2-1-3-5-12/h1-5,11,13-14,16H,6-10H2,(H,17,18)/t13?,14-/m1/s1. The first-order valence-corrected chi connectivity index (χ1v) is 6.90. The average molecular weight is 244 g/mol. The molecule has 0 radical (unpaired) electrons. The first-order chi connectivity index (χ1) is 8.84. The Morgan fingerprint density at radius 3 is 2.50 bits per heavy atom. The summed E-state index contributed by atoms with van der Waals surface area (Å²) < 4.78 is 0. The lowest BCUT2D eigenvalue weighted by atomic mass is 9.82. The van der Waals surface area contributed by atoms with Gasteiger partial charge in [0.25, 0.3) is 0 Å². The number of rotatable bonds is 2. The lowest BCUT2D eigenvalue weighted by molar-refractivity contribution is -0.124. The van der Waals surface area contributed by atoms with Crippen LogP contribution in [0, 0.1) is 11.8 Å². The molecule has 3 heteroatoms. The topological polar surface area (TPSA) is 41.1 Å². The van der Waals surface area contributed by atoms with E-state index >= 15 is 0 Å². The van der Waals surface area contributed by atoms with E-state index in [9.17, 15) is 4.79 Å². The maximum absolute atomic E-state index is 12.1. The summed E-state index contributed by atoms with van der Waals surface area (Å²) in [6.45, 7) is 2.12. The van der Waals surface area contributed by atoms with Crippen LogP contribution in [0.4, 0.5) is 0 Å². The van der Waals surface area contributed by atoms with E-state index in [1.807, 2.05) is 18.2 Å². The molecule has 96 valence electrons. The van der Waals surface area contributed by atoms with Crippen molar-refractivity contribution < 1.29 is 4.79 Å². The van der Waals surface area contributed by atoms with Crippen LogP contribution in [-0.2, 0) is 4.79 Å². The molecule has 0 aliphatic carbocycles. The summed E-state index contributed by atoms with van der Waals surface area (Å²) in [5, 5.41) is 6.52. The highest BCUT2D eigenvalue weighted by Crippen LogP contribution is 2.35. The molecule has 0 spiro atoms. The van der Waals surface area contributed by atoms with Crippen molar-refractivity contribution in [3.63, 3.8) is 0 Å². The molecule has 2 saturated heterocycles. The van der Waals surface area contributed by atoms with Crippen molar-refractivity contribution in [3.05, 3.63) is 35.9 Å². The van der Waals surface area contributed by atoms with Crippen molar-refractivity contribution in [2.24, 2.45) is 11.8 Å². The van der Waals surface area contributed by atoms with Gasteiger partial charge in [-0.2, -0.15) is 0 Å². The predicted molar refractivity (Wildman–Crippen MR) is 71.0 cm³/mol. The normalized spacial score (nSPS) is 29.2. The van der Waals surface area contributed by atoms with Crippen LogP contribution in [0.2, 0.25) is 0 Å². The van der Waals surface area contributed by atoms with Gasteiger partial charge in [0.1, 0.15) is 0 Å². The lowest BCUT2D eigenvalue weighted by Crippen LogP contribution is -2.34. The molecule has 3 rings (SSSR count). The number of hydrogen-bond donors (Lipinski definition) is 2. The predicted octanol–water partition coefficient (Wildman–Crippen LogP) is 1.86. The second kappa shape index (κ2) is 5.11. The summed E-state index contributed by atoms with van der Waals surface area (Å²) in [5.74, 6) is 1.05. The lowest BCUT2D eigenvalue weighted by Gasteiger charge is -2.26. The van der Waals surface area contributed by atoms with Crippen LogP contribution < -0.4 is 10.6 Å². The molecule has 18 heavy (non-hydrogen) atoms. The number of carbonyl (C=O) groups excluding carboxylic acids is 1. The fourth-order valence-corrected chi connectivity index (χ4v) is 3.26. The van der Waals surface area contributed by atoms with E-state index in [-0.39, 0.29) is 17.9 Å². The van der Waals surface area contributed by atoms with Gasteiger partial charge in [-0.3, -0.25) is 4.79 Å². The number of carbonyl (C=O) groups is 1. The zero-order valence-corrected chi connectivity index (χ0v) is 10.6. The Bertz CT molecular complexity index is 412. The Labute approximate surface area is 108 Å². The fourth-order valence-electron chi connectivity index (χ4n) is 3.26. The molecule has 0 bridgehead atoms. The minimum absolute atomic E-state index is 0.220. The van der Waals surface area contributed by atoms with E-state index in [0.29, 0.717) is 5.92 Å². The summed E-state index contributed by atoms with van der Waals surface area (Å²) in [6, 6.07) is 10.5. The average Bonchev–Trinajstić information content (AvgIpc) is 2.83. The molecule has 2 fully saturated rings. The maximum atomic E-state index is 12.1. The van der Waals surface area contributed by atoms with Gasteiger partial charge in [-0.25, -0.2) is 0 Å². The van der Waals surface area contributed by atoms with Crippen molar-refractivity contribution in [3.8, 4) is 0 Å². The third-order valence-corrected chi connectivity index (χ3v) is 4.30. The van der Waals surface area contributed by atoms with Crippen molar-refractivity contribution in [2.75, 3.05) is 13.1 Å². The van der Waals surface area contributed by atoms with Gasteiger partial charge in [0.2, 0.25) is 5.91 Å². The summed E-state index contributed by atoms with van der Waals surface area (Å²) in [5.41, 5.74) is 1.24. The van der Waals surface area contributed by atoms with Gasteiger partial charge in [0.15, 0.2) is 0 Å². The van der Waals surface area contributed by atoms with E-state index in [0.717, 1.165) is 32.4 Å². The largest absolute Gasteiger partial charge is 0.349 e. The van der Waals surface area contributed by atoms with E-state index in [4.69, 9.17) is 0 Å². The molecule has 2 N–H and O–H groups in total. The maximum Gasteiger partial charge on any atom is 0.223 e. The molecule has 2 atom stereocenters. The summed E-state index contributed by atoms with van der Waals surface area (Å²) in [7, 11) is 0. The summed E-state index contributed by atoms with van der Waals surface area (Å²) >= 11 is 0. The molecule has 0 aromatic heterocycles. The highest BCUT2D eigenvalue weighted by atomic mass is 16.2. The second-order valence-corrected chi connectivity index (χ2v) is 5.40. The highest BCUT2D eigenvalue weighted by molar-refractivity contribution is 5.81. The van der Waals surface area contributed by atoms with Crippen LogP contribution >= 0.6 is 0 Å². The van der Waals surface area contributed by atoms with Crippen LogP contribution in [0.5, 0.6) is 0 Å². The minimum atomic E-state index is 0.220. The highest BCUT2D eigenvalue weighted by Gasteiger charge is 2.38. The number of benzene rings is 1. The molecule has 2 heterocycles. The van der Waals surface area contributed by atoms with Crippen LogP contribution in [0.3, 0.4) is 0 Å². The van der Waals surface area contributed by atoms with Crippen molar-refractivity contribution in [2.45, 2.75) is 25.3 Å². The number of amides is 1. The van der Waals surface area contributed by atoms with Crippen molar-refractivity contribution >= 4 is 5.91 Å². The van der Waals surface area contributed by atoms with Gasteiger partial charge < -0.3 is 10.6 Å². The van der Waals surface area contributed by atoms with E-state index in [1.54, 1.807) is 0 Å². The van der Waals surface area contributed by atoms with E-state index in [2.05, 4.69) is 22.8 Å². The molecule has 3 nitrogen and oxygen atoms in total. The van der Waals surface area contributed by atoms with Crippen LogP contribution in [0.1, 0.15) is 30.9 Å². The first-order valence-electron chi connectivity index (χ1n) is 6.90. The quantitative estimate of drug-likeness (QED) is 0.834. The Morgan fingerprint density at radius 1 is 1.06 bits per heavy atom. The monoisotopic (exact) mass is 244 g/mol. The summed E-state index contributed by atoms with van der Waals surface area (Å²) in [6.07, 6.45) is 3.24. The summed E-state index contributed by atoms with van der Waals surface area (Å²) in [4.78, 5) is 12.1. The third kappa shape index (κ3) is 2.27. The zero-order chi connectivity index (χ0) is 12.4. The number of piperidine rings is 1. The Kier molecular flexibility index (Phi) is 3.33.